The van der Waals surface area contributed by atoms with E-state index in [0.717, 1.165) is 32.5 Å². The molecule has 3 atom stereocenters. The molecule has 0 radical (unpaired) electrons. The molecule has 2 aromatic carbocycles. The molecule has 0 spiro atoms. The van der Waals surface area contributed by atoms with Gasteiger partial charge in [0.25, 0.3) is 0 Å². The largest absolute Gasteiger partial charge is 0.302 e. The average Bonchev–Trinajstić information content (AvgIpc) is 2.65. The van der Waals surface area contributed by atoms with Gasteiger partial charge in [-0.1, -0.05) is 74.0 Å². The lowest BCUT2D eigenvalue weighted by Gasteiger charge is -2.46. The van der Waals surface area contributed by atoms with E-state index in [1.54, 1.807) is 6.92 Å². The monoisotopic (exact) mass is 363 g/mol. The van der Waals surface area contributed by atoms with Crippen LogP contribution >= 0.6 is 0 Å². The third-order valence-electron chi connectivity index (χ3n) is 6.62. The van der Waals surface area contributed by atoms with Crippen LogP contribution in [-0.2, 0) is 16.6 Å². The van der Waals surface area contributed by atoms with Crippen LogP contribution in [0.5, 0.6) is 0 Å². The average molecular weight is 364 g/mol. The highest BCUT2D eigenvalue weighted by molar-refractivity contribution is 5.78. The Morgan fingerprint density at radius 1 is 1.19 bits per heavy atom. The maximum Gasteiger partial charge on any atom is 0.134 e. The molecular weight excluding hydrogens is 330 g/mol. The molecule has 3 rings (SSSR count). The van der Waals surface area contributed by atoms with Crippen LogP contribution in [0.1, 0.15) is 43.9 Å². The van der Waals surface area contributed by atoms with E-state index in [-0.39, 0.29) is 11.3 Å². The van der Waals surface area contributed by atoms with Gasteiger partial charge in [0, 0.05) is 19.0 Å². The van der Waals surface area contributed by atoms with Crippen LogP contribution < -0.4 is 0 Å². The van der Waals surface area contributed by atoms with E-state index in [9.17, 15) is 4.79 Å². The SMILES string of the molecule is CC(=O)[C@@H](Cc1ccccc1)CN1CC[C@@](C)(c2cccc(C)c2)[C@@H](C)C1. The Labute approximate surface area is 164 Å². The van der Waals surface area contributed by atoms with E-state index < -0.39 is 0 Å². The number of carbonyl (C=O) groups excluding carboxylic acids is 1. The van der Waals surface area contributed by atoms with E-state index in [2.05, 4.69) is 74.2 Å². The molecule has 144 valence electrons. The van der Waals surface area contributed by atoms with Crippen molar-refractivity contribution in [2.45, 2.75) is 46.0 Å². The molecule has 0 N–H and O–H groups in total. The summed E-state index contributed by atoms with van der Waals surface area (Å²) in [6, 6.07) is 19.4. The van der Waals surface area contributed by atoms with Gasteiger partial charge in [-0.15, -0.1) is 0 Å². The summed E-state index contributed by atoms with van der Waals surface area (Å²) in [4.78, 5) is 14.8. The second kappa shape index (κ2) is 8.39. The fourth-order valence-corrected chi connectivity index (χ4v) is 4.46. The standard InChI is InChI=1S/C25H33NO/c1-19-9-8-12-24(15-19)25(4)13-14-26(17-20(25)2)18-23(21(3)27)16-22-10-6-5-7-11-22/h5-12,15,20,23H,13-14,16-18H2,1-4H3/t20-,23-,25+/m0/s1. The second-order valence-corrected chi connectivity index (χ2v) is 8.69. The van der Waals surface area contributed by atoms with Gasteiger partial charge in [0.05, 0.1) is 0 Å². The first-order chi connectivity index (χ1) is 12.9. The summed E-state index contributed by atoms with van der Waals surface area (Å²) in [5, 5.41) is 0. The highest BCUT2D eigenvalue weighted by atomic mass is 16.1. The van der Waals surface area contributed by atoms with Gasteiger partial charge < -0.3 is 4.90 Å². The van der Waals surface area contributed by atoms with Crippen LogP contribution in [0.3, 0.4) is 0 Å². The first-order valence-corrected chi connectivity index (χ1v) is 10.2. The third-order valence-corrected chi connectivity index (χ3v) is 6.62. The van der Waals surface area contributed by atoms with Crippen LogP contribution in [0, 0.1) is 18.8 Å². The number of likely N-dealkylation sites (tertiary alicyclic amines) is 1. The number of carbonyl (C=O) groups is 1. The lowest BCUT2D eigenvalue weighted by atomic mass is 9.67. The Morgan fingerprint density at radius 3 is 2.56 bits per heavy atom. The first kappa shape index (κ1) is 19.8. The van der Waals surface area contributed by atoms with Gasteiger partial charge in [-0.05, 0) is 55.7 Å². The maximum atomic E-state index is 12.3. The van der Waals surface area contributed by atoms with Crippen molar-refractivity contribution in [1.82, 2.24) is 4.90 Å². The molecule has 0 saturated carbocycles. The Kier molecular flexibility index (Phi) is 6.16. The van der Waals surface area contributed by atoms with Crippen LogP contribution in [0.15, 0.2) is 54.6 Å². The molecule has 1 aliphatic heterocycles. The molecular formula is C25H33NO. The fraction of sp³-hybridized carbons (Fsp3) is 0.480. The zero-order chi connectivity index (χ0) is 19.4. The molecule has 0 unspecified atom stereocenters. The van der Waals surface area contributed by atoms with E-state index in [4.69, 9.17) is 0 Å². The highest BCUT2D eigenvalue weighted by Crippen LogP contribution is 2.39. The molecule has 27 heavy (non-hydrogen) atoms. The number of benzene rings is 2. The van der Waals surface area contributed by atoms with Crippen molar-refractivity contribution in [3.8, 4) is 0 Å². The van der Waals surface area contributed by atoms with E-state index in [1.165, 1.54) is 16.7 Å². The molecule has 0 aromatic heterocycles. The molecule has 1 saturated heterocycles. The van der Waals surface area contributed by atoms with Gasteiger partial charge in [0.2, 0.25) is 0 Å². The minimum Gasteiger partial charge on any atom is -0.302 e. The molecule has 1 aliphatic rings. The number of ketones is 1. The van der Waals surface area contributed by atoms with Crippen molar-refractivity contribution in [1.29, 1.82) is 0 Å². The minimum absolute atomic E-state index is 0.0860. The van der Waals surface area contributed by atoms with Gasteiger partial charge in [-0.3, -0.25) is 4.79 Å². The summed E-state index contributed by atoms with van der Waals surface area (Å²) in [5.74, 6) is 0.957. The lowest BCUT2D eigenvalue weighted by Crippen LogP contribution is -2.49. The van der Waals surface area contributed by atoms with Crippen LogP contribution in [0.2, 0.25) is 0 Å². The summed E-state index contributed by atoms with van der Waals surface area (Å²) in [6.07, 6.45) is 1.99. The minimum atomic E-state index is 0.0860. The predicted octanol–water partition coefficient (Wildman–Crippen LogP) is 5.04. The van der Waals surface area contributed by atoms with Crippen molar-refractivity contribution in [2.75, 3.05) is 19.6 Å². The molecule has 1 heterocycles. The van der Waals surface area contributed by atoms with Gasteiger partial charge in [-0.25, -0.2) is 0 Å². The second-order valence-electron chi connectivity index (χ2n) is 8.69. The zero-order valence-corrected chi connectivity index (χ0v) is 17.2. The van der Waals surface area contributed by atoms with Crippen molar-refractivity contribution in [3.63, 3.8) is 0 Å². The van der Waals surface area contributed by atoms with Gasteiger partial charge in [-0.2, -0.15) is 0 Å². The fourth-order valence-electron chi connectivity index (χ4n) is 4.46. The van der Waals surface area contributed by atoms with Crippen LogP contribution in [-0.4, -0.2) is 30.3 Å². The molecule has 2 aromatic rings. The molecule has 0 aliphatic carbocycles. The Morgan fingerprint density at radius 2 is 1.93 bits per heavy atom. The van der Waals surface area contributed by atoms with Gasteiger partial charge in [0.1, 0.15) is 5.78 Å². The molecule has 2 heteroatoms. The summed E-state index contributed by atoms with van der Waals surface area (Å²) in [5.41, 5.74) is 4.27. The van der Waals surface area contributed by atoms with E-state index in [1.807, 2.05) is 6.07 Å². The van der Waals surface area contributed by atoms with Crippen LogP contribution in [0.4, 0.5) is 0 Å². The zero-order valence-electron chi connectivity index (χ0n) is 17.2. The Balaban J connectivity index is 1.67. The van der Waals surface area contributed by atoms with E-state index in [0.29, 0.717) is 11.7 Å². The quantitative estimate of drug-likeness (QED) is 0.716. The molecule has 1 fully saturated rings. The topological polar surface area (TPSA) is 20.3 Å². The number of aryl methyl sites for hydroxylation is 1. The number of hydrogen-bond donors (Lipinski definition) is 0. The molecule has 0 bridgehead atoms. The lowest BCUT2D eigenvalue weighted by molar-refractivity contribution is -0.121. The Hall–Kier alpha value is -1.93. The smallest absolute Gasteiger partial charge is 0.134 e. The summed E-state index contributed by atoms with van der Waals surface area (Å²) in [7, 11) is 0. The predicted molar refractivity (Wildman–Crippen MR) is 113 cm³/mol. The Bertz CT molecular complexity index is 769. The number of piperidine rings is 1. The number of hydrogen-bond acceptors (Lipinski definition) is 2. The first-order valence-electron chi connectivity index (χ1n) is 10.2. The summed E-state index contributed by atoms with van der Waals surface area (Å²) >= 11 is 0. The van der Waals surface area contributed by atoms with Crippen molar-refractivity contribution in [2.24, 2.45) is 11.8 Å². The van der Waals surface area contributed by atoms with Gasteiger partial charge in [0.15, 0.2) is 0 Å². The van der Waals surface area contributed by atoms with Gasteiger partial charge >= 0.3 is 0 Å². The normalized spacial score (nSPS) is 24.5. The van der Waals surface area contributed by atoms with Crippen molar-refractivity contribution < 1.29 is 4.79 Å². The molecule has 0 amide bonds. The number of rotatable bonds is 6. The van der Waals surface area contributed by atoms with Crippen molar-refractivity contribution >= 4 is 5.78 Å². The number of Topliss-reactive ketones (excluding diaryl/α,β-unsaturated/α-hetero) is 1. The maximum absolute atomic E-state index is 12.3. The number of nitrogens with zero attached hydrogens (tertiary/aromatic N) is 1. The third kappa shape index (κ3) is 4.68. The van der Waals surface area contributed by atoms with Crippen LogP contribution in [0.25, 0.3) is 0 Å². The molecule has 2 nitrogen and oxygen atoms in total. The summed E-state index contributed by atoms with van der Waals surface area (Å²) in [6.45, 7) is 11.7. The van der Waals surface area contributed by atoms with E-state index >= 15 is 0 Å². The van der Waals surface area contributed by atoms with Crippen molar-refractivity contribution in [3.05, 3.63) is 71.3 Å². The summed E-state index contributed by atoms with van der Waals surface area (Å²) < 4.78 is 0. The highest BCUT2D eigenvalue weighted by Gasteiger charge is 2.38.